The van der Waals surface area contributed by atoms with Crippen LogP contribution in [-0.4, -0.2) is 96.7 Å². The largest absolute Gasteiger partial charge is 0.472 e. The highest BCUT2D eigenvalue weighted by molar-refractivity contribution is 7.47. The summed E-state index contributed by atoms with van der Waals surface area (Å²) in [7, 11) is -9.91. The average Bonchev–Trinajstić information content (AvgIpc) is 2.38. The van der Waals surface area contributed by atoms with Gasteiger partial charge in [-0.2, -0.15) is 0 Å². The Morgan fingerprint density at radius 3 is 0.800 bits per heavy atom. The minimum absolute atomic E-state index is 0.107. The van der Waals surface area contributed by atoms with Gasteiger partial charge in [0.05, 0.1) is 26.4 Å². The lowest BCUT2D eigenvalue weighted by Crippen LogP contribution is -2.30. The fraction of sp³-hybridized carbons (Fsp3) is 0.947. The third kappa shape index (κ3) is 69.0. The molecule has 0 saturated carbocycles. The Kier molecular flexibility index (Phi) is 66.5. The fourth-order valence-electron chi connectivity index (χ4n) is 11.6. The molecule has 3 N–H and O–H groups in total. The Morgan fingerprint density at radius 2 is 0.537 bits per heavy atom. The third-order valence-electron chi connectivity index (χ3n) is 18.1. The van der Waals surface area contributed by atoms with Crippen molar-refractivity contribution in [1.82, 2.24) is 0 Å². The van der Waals surface area contributed by atoms with E-state index in [1.165, 1.54) is 205 Å². The first-order chi connectivity index (χ1) is 45.9. The second kappa shape index (κ2) is 67.9. The minimum Gasteiger partial charge on any atom is -0.462 e. The molecule has 95 heavy (non-hydrogen) atoms. The van der Waals surface area contributed by atoms with E-state index in [4.69, 9.17) is 37.0 Å². The molecule has 6 atom stereocenters. The molecule has 3 unspecified atom stereocenters. The van der Waals surface area contributed by atoms with Gasteiger partial charge < -0.3 is 33.8 Å². The van der Waals surface area contributed by atoms with Crippen molar-refractivity contribution in [3.8, 4) is 0 Å². The molecule has 0 spiro atoms. The Morgan fingerprint density at radius 1 is 0.305 bits per heavy atom. The number of hydrogen-bond acceptors (Lipinski definition) is 15. The Bertz CT molecular complexity index is 1840. The van der Waals surface area contributed by atoms with E-state index in [1.54, 1.807) is 0 Å². The van der Waals surface area contributed by atoms with E-state index in [0.717, 1.165) is 108 Å². The van der Waals surface area contributed by atoms with Crippen molar-refractivity contribution in [3.63, 3.8) is 0 Å². The van der Waals surface area contributed by atoms with Gasteiger partial charge in [0.2, 0.25) is 0 Å². The molecule has 564 valence electrons. The normalized spacial score (nSPS) is 14.3. The molecule has 17 nitrogen and oxygen atoms in total. The van der Waals surface area contributed by atoms with E-state index in [0.29, 0.717) is 25.7 Å². The number of ether oxygens (including phenoxy) is 4. The molecular weight excluding hydrogens is 1250 g/mol. The van der Waals surface area contributed by atoms with E-state index in [2.05, 4.69) is 41.5 Å². The first-order valence-electron chi connectivity index (χ1n) is 39.5. The van der Waals surface area contributed by atoms with Crippen LogP contribution in [0.3, 0.4) is 0 Å². The zero-order chi connectivity index (χ0) is 70.0. The van der Waals surface area contributed by atoms with Gasteiger partial charge in [-0.1, -0.05) is 343 Å². The summed E-state index contributed by atoms with van der Waals surface area (Å²) in [4.78, 5) is 72.8. The molecule has 0 saturated heterocycles. The van der Waals surface area contributed by atoms with Crippen LogP contribution >= 0.6 is 15.6 Å². The standard InChI is InChI=1S/C76H148O17P2/c1-7-10-12-14-16-18-20-22-23-24-28-32-35-39-46-52-58-73(78)86-64-71(92-76(81)61-55-49-41-37-33-29-26-25-27-30-34-38-44-50-56-68(4)5)66-90-94(82,83)88-62-70(77)63-89-95(84,85)91-67-72(65-87-74(79)59-53-47-43-42-45-51-57-69(6)9-3)93-75(80)60-54-48-40-36-31-21-19-17-15-13-11-8-2/h68-72,77H,7-67H2,1-6H3,(H,82,83)(H,84,85)/t69?,70-,71-,72-/m1/s1. The summed E-state index contributed by atoms with van der Waals surface area (Å²) >= 11 is 0. The van der Waals surface area contributed by atoms with Gasteiger partial charge in [-0.15, -0.1) is 0 Å². The number of esters is 4. The summed E-state index contributed by atoms with van der Waals surface area (Å²) in [6.45, 7) is 9.58. The van der Waals surface area contributed by atoms with E-state index in [9.17, 15) is 43.2 Å². The van der Waals surface area contributed by atoms with Crippen LogP contribution < -0.4 is 0 Å². The van der Waals surface area contributed by atoms with Crippen molar-refractivity contribution in [2.75, 3.05) is 39.6 Å². The number of phosphoric ester groups is 2. The van der Waals surface area contributed by atoms with Crippen molar-refractivity contribution in [1.29, 1.82) is 0 Å². The summed E-state index contributed by atoms with van der Waals surface area (Å²) in [6, 6.07) is 0. The Hall–Kier alpha value is -1.94. The molecule has 0 aromatic rings. The zero-order valence-corrected chi connectivity index (χ0v) is 63.8. The number of phosphoric acid groups is 2. The highest BCUT2D eigenvalue weighted by Crippen LogP contribution is 2.45. The molecule has 0 aliphatic heterocycles. The number of aliphatic hydroxyl groups is 1. The number of carbonyl (C=O) groups is 4. The third-order valence-corrected chi connectivity index (χ3v) is 20.0. The predicted molar refractivity (Wildman–Crippen MR) is 386 cm³/mol. The second-order valence-electron chi connectivity index (χ2n) is 28.1. The highest BCUT2D eigenvalue weighted by atomic mass is 31.2. The van der Waals surface area contributed by atoms with Gasteiger partial charge in [-0.25, -0.2) is 9.13 Å². The Labute approximate surface area is 581 Å². The summed E-state index contributed by atoms with van der Waals surface area (Å²) in [5.74, 6) is -0.588. The lowest BCUT2D eigenvalue weighted by atomic mass is 10.00. The van der Waals surface area contributed by atoms with Crippen LogP contribution in [0, 0.1) is 11.8 Å². The molecule has 0 aliphatic rings. The average molecular weight is 1400 g/mol. The van der Waals surface area contributed by atoms with Crippen LogP contribution in [0.15, 0.2) is 0 Å². The van der Waals surface area contributed by atoms with Crippen LogP contribution in [0.5, 0.6) is 0 Å². The maximum Gasteiger partial charge on any atom is 0.472 e. The fourth-order valence-corrected chi connectivity index (χ4v) is 13.2. The number of aliphatic hydroxyl groups excluding tert-OH is 1. The van der Waals surface area contributed by atoms with Crippen molar-refractivity contribution in [2.45, 2.75) is 413 Å². The van der Waals surface area contributed by atoms with Gasteiger partial charge in [0.15, 0.2) is 12.2 Å². The van der Waals surface area contributed by atoms with Crippen molar-refractivity contribution < 1.29 is 80.2 Å². The molecule has 0 aromatic heterocycles. The maximum atomic E-state index is 13.1. The van der Waals surface area contributed by atoms with Gasteiger partial charge in [-0.3, -0.25) is 37.3 Å². The van der Waals surface area contributed by atoms with Gasteiger partial charge in [-0.05, 0) is 37.5 Å². The first kappa shape index (κ1) is 93.1. The molecule has 0 heterocycles. The zero-order valence-electron chi connectivity index (χ0n) is 62.0. The van der Waals surface area contributed by atoms with Crippen LogP contribution in [0.2, 0.25) is 0 Å². The van der Waals surface area contributed by atoms with Crippen LogP contribution in [0.25, 0.3) is 0 Å². The van der Waals surface area contributed by atoms with Gasteiger partial charge in [0, 0.05) is 25.7 Å². The number of hydrogen-bond donors (Lipinski definition) is 3. The predicted octanol–water partition coefficient (Wildman–Crippen LogP) is 22.3. The molecule has 0 aromatic carbocycles. The van der Waals surface area contributed by atoms with E-state index < -0.39 is 97.5 Å². The lowest BCUT2D eigenvalue weighted by molar-refractivity contribution is -0.161. The number of rotatable bonds is 75. The number of carbonyl (C=O) groups excluding carboxylic acids is 4. The molecule has 0 radical (unpaired) electrons. The van der Waals surface area contributed by atoms with Gasteiger partial charge >= 0.3 is 39.5 Å². The van der Waals surface area contributed by atoms with Crippen molar-refractivity contribution >= 4 is 39.5 Å². The van der Waals surface area contributed by atoms with Gasteiger partial charge in [0.25, 0.3) is 0 Å². The smallest absolute Gasteiger partial charge is 0.462 e. The monoisotopic (exact) mass is 1400 g/mol. The van der Waals surface area contributed by atoms with Crippen LogP contribution in [0.1, 0.15) is 395 Å². The highest BCUT2D eigenvalue weighted by Gasteiger charge is 2.30. The molecule has 0 fully saturated rings. The Balaban J connectivity index is 5.24. The topological polar surface area (TPSA) is 237 Å². The molecule has 0 rings (SSSR count). The lowest BCUT2D eigenvalue weighted by Gasteiger charge is -2.21. The molecule has 0 bridgehead atoms. The summed E-state index contributed by atoms with van der Waals surface area (Å²) in [5.41, 5.74) is 0. The quantitative estimate of drug-likeness (QED) is 0.0222. The summed E-state index contributed by atoms with van der Waals surface area (Å²) in [5, 5.41) is 10.6. The molecule has 0 amide bonds. The van der Waals surface area contributed by atoms with E-state index in [1.807, 2.05) is 0 Å². The molecule has 0 aliphatic carbocycles. The van der Waals surface area contributed by atoms with Crippen LogP contribution in [-0.2, 0) is 65.4 Å². The minimum atomic E-state index is -4.96. The van der Waals surface area contributed by atoms with Gasteiger partial charge in [0.1, 0.15) is 19.3 Å². The summed E-state index contributed by atoms with van der Waals surface area (Å²) < 4.78 is 68.5. The molecule has 19 heteroatoms. The summed E-state index contributed by atoms with van der Waals surface area (Å²) in [6.07, 6.45) is 55.4. The van der Waals surface area contributed by atoms with Crippen LogP contribution in [0.4, 0.5) is 0 Å². The van der Waals surface area contributed by atoms with Crippen molar-refractivity contribution in [2.24, 2.45) is 11.8 Å². The van der Waals surface area contributed by atoms with Crippen molar-refractivity contribution in [3.05, 3.63) is 0 Å². The SMILES string of the molecule is CCCCCCCCCCCCCCCCCCC(=O)OC[C@H](COP(=O)(O)OC[C@@H](O)COP(=O)(O)OC[C@@H](COC(=O)CCCCCCCCC(C)CC)OC(=O)CCCCCCCCCCCCCC)OC(=O)CCCCCCCCCCCCCCCCC(C)C. The first-order valence-corrected chi connectivity index (χ1v) is 42.5. The van der Waals surface area contributed by atoms with E-state index >= 15 is 0 Å². The maximum absolute atomic E-state index is 13.1. The number of unbranched alkanes of at least 4 members (excludes halogenated alkanes) is 44. The second-order valence-corrected chi connectivity index (χ2v) is 31.0. The van der Waals surface area contributed by atoms with E-state index in [-0.39, 0.29) is 25.7 Å². The molecular formula is C76H148O17P2.